The van der Waals surface area contributed by atoms with Gasteiger partial charge in [0, 0.05) is 11.6 Å². The highest BCUT2D eigenvalue weighted by Gasteiger charge is 2.16. The minimum absolute atomic E-state index is 0.168. The lowest BCUT2D eigenvalue weighted by molar-refractivity contribution is 0.0475. The monoisotopic (exact) mass is 340 g/mol. The fourth-order valence-corrected chi connectivity index (χ4v) is 3.49. The Labute approximate surface area is 140 Å². The van der Waals surface area contributed by atoms with E-state index in [0.29, 0.717) is 16.3 Å². The highest BCUT2D eigenvalue weighted by Crippen LogP contribution is 2.26. The van der Waals surface area contributed by atoms with Crippen molar-refractivity contribution in [2.75, 3.05) is 6.26 Å². The van der Waals surface area contributed by atoms with Crippen LogP contribution < -0.4 is 0 Å². The number of benzene rings is 3. The first-order valence-electron chi connectivity index (χ1n) is 7.39. The van der Waals surface area contributed by atoms with Gasteiger partial charge in [0.15, 0.2) is 9.84 Å². The first-order chi connectivity index (χ1) is 11.5. The normalized spacial score (nSPS) is 11.4. The fourth-order valence-electron chi connectivity index (χ4n) is 2.58. The molecule has 0 saturated heterocycles. The molecule has 0 radical (unpaired) electrons. The Hall–Kier alpha value is -2.66. The zero-order valence-electron chi connectivity index (χ0n) is 13.1. The molecule has 0 aliphatic rings. The van der Waals surface area contributed by atoms with Crippen molar-refractivity contribution in [3.8, 4) is 0 Å². The van der Waals surface area contributed by atoms with Crippen molar-refractivity contribution in [3.05, 3.63) is 77.9 Å². The molecule has 0 N–H and O–H groups in total. The van der Waals surface area contributed by atoms with Crippen molar-refractivity contribution in [1.82, 2.24) is 0 Å². The van der Waals surface area contributed by atoms with Crippen molar-refractivity contribution in [3.63, 3.8) is 0 Å². The number of esters is 1. The molecule has 0 spiro atoms. The highest BCUT2D eigenvalue weighted by atomic mass is 32.2. The molecule has 24 heavy (non-hydrogen) atoms. The van der Waals surface area contributed by atoms with Gasteiger partial charge in [0.2, 0.25) is 0 Å². The molecule has 0 amide bonds. The van der Waals surface area contributed by atoms with E-state index in [0.717, 1.165) is 11.8 Å². The third kappa shape index (κ3) is 3.31. The predicted octanol–water partition coefficient (Wildman–Crippen LogP) is 3.60. The molecule has 0 bridgehead atoms. The minimum atomic E-state index is -3.38. The second-order valence-electron chi connectivity index (χ2n) is 5.49. The van der Waals surface area contributed by atoms with Crippen LogP contribution in [0.25, 0.3) is 10.8 Å². The summed E-state index contributed by atoms with van der Waals surface area (Å²) in [6.45, 7) is 0.168. The van der Waals surface area contributed by atoms with Gasteiger partial charge in [-0.05, 0) is 23.1 Å². The van der Waals surface area contributed by atoms with Gasteiger partial charge in [-0.1, -0.05) is 54.6 Å². The molecule has 0 unspecified atom stereocenters. The molecule has 3 aromatic rings. The topological polar surface area (TPSA) is 60.4 Å². The maximum absolute atomic E-state index is 12.4. The van der Waals surface area contributed by atoms with E-state index in [9.17, 15) is 13.2 Å². The number of rotatable bonds is 4. The van der Waals surface area contributed by atoms with Crippen LogP contribution in [0.4, 0.5) is 0 Å². The maximum Gasteiger partial charge on any atom is 0.339 e. The van der Waals surface area contributed by atoms with E-state index in [1.807, 2.05) is 30.3 Å². The predicted molar refractivity (Wildman–Crippen MR) is 92.6 cm³/mol. The molecular formula is C19H16O4S. The average molecular weight is 340 g/mol. The Balaban J connectivity index is 1.96. The van der Waals surface area contributed by atoms with E-state index in [1.54, 1.807) is 30.3 Å². The van der Waals surface area contributed by atoms with Crippen LogP contribution >= 0.6 is 0 Å². The van der Waals surface area contributed by atoms with Crippen molar-refractivity contribution in [1.29, 1.82) is 0 Å². The Morgan fingerprint density at radius 3 is 2.25 bits per heavy atom. The van der Waals surface area contributed by atoms with Gasteiger partial charge in [-0.2, -0.15) is 0 Å². The summed E-state index contributed by atoms with van der Waals surface area (Å²) in [7, 11) is -3.38. The Morgan fingerprint density at radius 1 is 0.875 bits per heavy atom. The van der Waals surface area contributed by atoms with Gasteiger partial charge in [0.05, 0.1) is 10.5 Å². The molecule has 122 valence electrons. The first kappa shape index (κ1) is 16.2. The van der Waals surface area contributed by atoms with Crippen LogP contribution in [-0.4, -0.2) is 20.6 Å². The van der Waals surface area contributed by atoms with E-state index in [1.165, 1.54) is 6.07 Å². The maximum atomic E-state index is 12.4. The number of carbonyl (C=O) groups is 1. The lowest BCUT2D eigenvalue weighted by Gasteiger charge is -2.10. The number of ether oxygens (including phenoxy) is 1. The van der Waals surface area contributed by atoms with Gasteiger partial charge in [-0.15, -0.1) is 0 Å². The van der Waals surface area contributed by atoms with Gasteiger partial charge < -0.3 is 4.74 Å². The Kier molecular flexibility index (Phi) is 4.36. The van der Waals surface area contributed by atoms with E-state index in [-0.39, 0.29) is 11.5 Å². The van der Waals surface area contributed by atoms with Crippen LogP contribution in [0, 0.1) is 0 Å². The third-order valence-electron chi connectivity index (χ3n) is 3.71. The van der Waals surface area contributed by atoms with Gasteiger partial charge in [-0.3, -0.25) is 0 Å². The largest absolute Gasteiger partial charge is 0.457 e. The third-order valence-corrected chi connectivity index (χ3v) is 4.87. The van der Waals surface area contributed by atoms with Crippen LogP contribution in [0.15, 0.2) is 71.6 Å². The first-order valence-corrected chi connectivity index (χ1v) is 9.29. The van der Waals surface area contributed by atoms with Crippen molar-refractivity contribution >= 4 is 26.6 Å². The summed E-state index contributed by atoms with van der Waals surface area (Å²) >= 11 is 0. The number of fused-ring (bicyclic) bond motifs is 1. The number of sulfone groups is 1. The molecule has 0 heterocycles. The van der Waals surface area contributed by atoms with Gasteiger partial charge in [0.25, 0.3) is 0 Å². The Bertz CT molecular complexity index is 992. The zero-order chi connectivity index (χ0) is 17.2. The summed E-state index contributed by atoms with van der Waals surface area (Å²) in [5, 5.41) is 1.09. The summed E-state index contributed by atoms with van der Waals surface area (Å²) in [6, 6.07) is 19.3. The number of carbonyl (C=O) groups excluding carboxylic acids is 1. The summed E-state index contributed by atoms with van der Waals surface area (Å²) in [6.07, 6.45) is 1.15. The molecule has 5 heteroatoms. The molecule has 0 aliphatic carbocycles. The molecule has 4 nitrogen and oxygen atoms in total. The number of hydrogen-bond donors (Lipinski definition) is 0. The van der Waals surface area contributed by atoms with Crippen LogP contribution in [0.5, 0.6) is 0 Å². The van der Waals surface area contributed by atoms with Crippen LogP contribution in [0.1, 0.15) is 15.9 Å². The smallest absolute Gasteiger partial charge is 0.339 e. The highest BCUT2D eigenvalue weighted by molar-refractivity contribution is 7.91. The minimum Gasteiger partial charge on any atom is -0.457 e. The summed E-state index contributed by atoms with van der Waals surface area (Å²) in [5.74, 6) is -0.477. The van der Waals surface area contributed by atoms with Crippen LogP contribution in [-0.2, 0) is 21.2 Å². The Morgan fingerprint density at radius 2 is 1.54 bits per heavy atom. The fraction of sp³-hybridized carbons (Fsp3) is 0.105. The van der Waals surface area contributed by atoms with Gasteiger partial charge in [0.1, 0.15) is 6.61 Å². The van der Waals surface area contributed by atoms with E-state index >= 15 is 0 Å². The average Bonchev–Trinajstić information content (AvgIpc) is 2.58. The van der Waals surface area contributed by atoms with E-state index in [2.05, 4.69) is 0 Å². The van der Waals surface area contributed by atoms with Crippen LogP contribution in [0.2, 0.25) is 0 Å². The summed E-state index contributed by atoms with van der Waals surface area (Å²) in [4.78, 5) is 12.6. The number of hydrogen-bond acceptors (Lipinski definition) is 4. The molecule has 0 aromatic heterocycles. The second kappa shape index (κ2) is 6.45. The molecule has 0 fully saturated rings. The SMILES string of the molecule is CS(=O)(=O)c1cccc2c(C(=O)OCc3ccccc3)cccc12. The van der Waals surface area contributed by atoms with Gasteiger partial charge >= 0.3 is 5.97 Å². The molecular weight excluding hydrogens is 324 g/mol. The lowest BCUT2D eigenvalue weighted by atomic mass is 10.0. The molecule has 0 saturated carbocycles. The van der Waals surface area contributed by atoms with Crippen LogP contribution in [0.3, 0.4) is 0 Å². The van der Waals surface area contributed by atoms with Crippen molar-refractivity contribution in [2.24, 2.45) is 0 Å². The molecule has 3 aromatic carbocycles. The summed E-state index contributed by atoms with van der Waals surface area (Å²) in [5.41, 5.74) is 1.25. The van der Waals surface area contributed by atoms with Crippen molar-refractivity contribution in [2.45, 2.75) is 11.5 Å². The zero-order valence-corrected chi connectivity index (χ0v) is 13.9. The van der Waals surface area contributed by atoms with E-state index in [4.69, 9.17) is 4.74 Å². The van der Waals surface area contributed by atoms with E-state index < -0.39 is 15.8 Å². The van der Waals surface area contributed by atoms with Crippen molar-refractivity contribution < 1.29 is 17.9 Å². The molecule has 0 atom stereocenters. The summed E-state index contributed by atoms with van der Waals surface area (Å²) < 4.78 is 29.2. The van der Waals surface area contributed by atoms with Gasteiger partial charge in [-0.25, -0.2) is 13.2 Å². The molecule has 0 aliphatic heterocycles. The quantitative estimate of drug-likeness (QED) is 0.681. The molecule has 3 rings (SSSR count). The standard InChI is InChI=1S/C19H16O4S/c1-24(21,22)18-12-6-9-15-16(18)10-5-11-17(15)19(20)23-13-14-7-3-2-4-8-14/h2-12H,13H2,1H3. The second-order valence-corrected chi connectivity index (χ2v) is 7.47. The lowest BCUT2D eigenvalue weighted by Crippen LogP contribution is -2.07.